The van der Waals surface area contributed by atoms with Crippen molar-refractivity contribution in [1.82, 2.24) is 15.1 Å². The maximum Gasteiger partial charge on any atom is 0.319 e. The Morgan fingerprint density at radius 3 is 2.78 bits per heavy atom. The lowest BCUT2D eigenvalue weighted by Gasteiger charge is -2.12. The molecule has 3 N–H and O–H groups in total. The fourth-order valence-electron chi connectivity index (χ4n) is 1.54. The predicted molar refractivity (Wildman–Crippen MR) is 66.3 cm³/mol. The first-order chi connectivity index (χ1) is 8.52. The van der Waals surface area contributed by atoms with E-state index in [2.05, 4.69) is 15.7 Å². The van der Waals surface area contributed by atoms with E-state index in [1.807, 2.05) is 6.92 Å². The monoisotopic (exact) mass is 254 g/mol. The SMILES string of the molecule is CCCC(CNC(=O)Nc1cnn(C)c1)C(=O)O. The van der Waals surface area contributed by atoms with Crippen molar-refractivity contribution in [1.29, 1.82) is 0 Å². The molecule has 0 saturated carbocycles. The summed E-state index contributed by atoms with van der Waals surface area (Å²) < 4.78 is 1.56. The summed E-state index contributed by atoms with van der Waals surface area (Å²) >= 11 is 0. The van der Waals surface area contributed by atoms with Gasteiger partial charge in [-0.2, -0.15) is 5.10 Å². The molecule has 0 spiro atoms. The zero-order chi connectivity index (χ0) is 13.5. The van der Waals surface area contributed by atoms with Crippen LogP contribution in [0.5, 0.6) is 0 Å². The van der Waals surface area contributed by atoms with Crippen LogP contribution in [0.15, 0.2) is 12.4 Å². The highest BCUT2D eigenvalue weighted by atomic mass is 16.4. The molecule has 1 unspecified atom stereocenters. The fourth-order valence-corrected chi connectivity index (χ4v) is 1.54. The van der Waals surface area contributed by atoms with Crippen LogP contribution in [-0.4, -0.2) is 33.4 Å². The largest absolute Gasteiger partial charge is 0.481 e. The van der Waals surface area contributed by atoms with Crippen LogP contribution in [0.25, 0.3) is 0 Å². The lowest BCUT2D eigenvalue weighted by Crippen LogP contribution is -2.35. The molecule has 0 radical (unpaired) electrons. The molecule has 1 heterocycles. The van der Waals surface area contributed by atoms with Gasteiger partial charge in [0.2, 0.25) is 0 Å². The first-order valence-corrected chi connectivity index (χ1v) is 5.79. The maximum absolute atomic E-state index is 11.5. The number of anilines is 1. The lowest BCUT2D eigenvalue weighted by atomic mass is 10.0. The zero-order valence-corrected chi connectivity index (χ0v) is 10.5. The molecule has 1 aromatic heterocycles. The number of carbonyl (C=O) groups is 2. The third-order valence-electron chi connectivity index (χ3n) is 2.46. The van der Waals surface area contributed by atoms with Crippen molar-refractivity contribution in [2.75, 3.05) is 11.9 Å². The first kappa shape index (κ1) is 14.0. The molecule has 0 aliphatic carbocycles. The molecule has 1 aromatic rings. The number of carbonyl (C=O) groups excluding carboxylic acids is 1. The number of nitrogens with one attached hydrogen (secondary N) is 2. The molecular weight excluding hydrogens is 236 g/mol. The molecule has 0 aliphatic rings. The standard InChI is InChI=1S/C11H18N4O3/c1-3-4-8(10(16)17)5-12-11(18)14-9-6-13-15(2)7-9/h6-8H,3-5H2,1-2H3,(H,16,17)(H2,12,14,18). The average Bonchev–Trinajstić information content (AvgIpc) is 2.69. The summed E-state index contributed by atoms with van der Waals surface area (Å²) in [6, 6.07) is -0.426. The Labute approximate surface area is 105 Å². The highest BCUT2D eigenvalue weighted by molar-refractivity contribution is 5.89. The van der Waals surface area contributed by atoms with E-state index in [0.29, 0.717) is 12.1 Å². The van der Waals surface area contributed by atoms with Gasteiger partial charge < -0.3 is 15.7 Å². The second kappa shape index (κ2) is 6.63. The van der Waals surface area contributed by atoms with E-state index in [-0.39, 0.29) is 6.54 Å². The van der Waals surface area contributed by atoms with Gasteiger partial charge in [-0.25, -0.2) is 4.79 Å². The molecular formula is C11H18N4O3. The number of aryl methyl sites for hydroxylation is 1. The van der Waals surface area contributed by atoms with Gasteiger partial charge in [0.15, 0.2) is 0 Å². The Kier molecular flexibility index (Phi) is 5.16. The van der Waals surface area contributed by atoms with Crippen molar-refractivity contribution in [3.63, 3.8) is 0 Å². The van der Waals surface area contributed by atoms with E-state index >= 15 is 0 Å². The van der Waals surface area contributed by atoms with Gasteiger partial charge in [-0.1, -0.05) is 13.3 Å². The van der Waals surface area contributed by atoms with Gasteiger partial charge in [0, 0.05) is 19.8 Å². The van der Waals surface area contributed by atoms with E-state index < -0.39 is 17.9 Å². The second-order valence-corrected chi connectivity index (χ2v) is 4.06. The number of aliphatic carboxylic acids is 1. The van der Waals surface area contributed by atoms with Crippen LogP contribution in [0, 0.1) is 5.92 Å². The molecule has 0 bridgehead atoms. The van der Waals surface area contributed by atoms with Gasteiger partial charge in [0.05, 0.1) is 17.8 Å². The van der Waals surface area contributed by atoms with Crippen LogP contribution < -0.4 is 10.6 Å². The number of urea groups is 1. The van der Waals surface area contributed by atoms with Gasteiger partial charge >= 0.3 is 12.0 Å². The van der Waals surface area contributed by atoms with Crippen molar-refractivity contribution in [3.05, 3.63) is 12.4 Å². The summed E-state index contributed by atoms with van der Waals surface area (Å²) in [5.41, 5.74) is 0.567. The van der Waals surface area contributed by atoms with Crippen molar-refractivity contribution in [3.8, 4) is 0 Å². The van der Waals surface area contributed by atoms with Crippen molar-refractivity contribution in [2.24, 2.45) is 13.0 Å². The smallest absolute Gasteiger partial charge is 0.319 e. The summed E-state index contributed by atoms with van der Waals surface area (Å²) in [5, 5.41) is 17.9. The number of aromatic nitrogens is 2. The third kappa shape index (κ3) is 4.44. The summed E-state index contributed by atoms with van der Waals surface area (Å²) in [5.74, 6) is -1.44. The number of rotatable bonds is 6. The van der Waals surface area contributed by atoms with Crippen LogP contribution in [0.2, 0.25) is 0 Å². The third-order valence-corrected chi connectivity index (χ3v) is 2.46. The zero-order valence-electron chi connectivity index (χ0n) is 10.5. The highest BCUT2D eigenvalue weighted by Crippen LogP contribution is 2.06. The summed E-state index contributed by atoms with van der Waals surface area (Å²) in [6.45, 7) is 2.03. The summed E-state index contributed by atoms with van der Waals surface area (Å²) in [6.07, 6.45) is 4.48. The molecule has 2 amide bonds. The molecule has 1 atom stereocenters. The minimum atomic E-state index is -0.890. The van der Waals surface area contributed by atoms with Crippen molar-refractivity contribution < 1.29 is 14.7 Å². The molecule has 7 heteroatoms. The number of carboxylic acids is 1. The van der Waals surface area contributed by atoms with Crippen LogP contribution >= 0.6 is 0 Å². The van der Waals surface area contributed by atoms with E-state index in [1.54, 1.807) is 17.9 Å². The van der Waals surface area contributed by atoms with E-state index in [0.717, 1.165) is 6.42 Å². The van der Waals surface area contributed by atoms with E-state index in [9.17, 15) is 9.59 Å². The summed E-state index contributed by atoms with van der Waals surface area (Å²) in [4.78, 5) is 22.4. The maximum atomic E-state index is 11.5. The molecule has 0 aromatic carbocycles. The molecule has 100 valence electrons. The summed E-state index contributed by atoms with van der Waals surface area (Å²) in [7, 11) is 1.74. The van der Waals surface area contributed by atoms with Gasteiger partial charge in [-0.15, -0.1) is 0 Å². The fraction of sp³-hybridized carbons (Fsp3) is 0.545. The van der Waals surface area contributed by atoms with Gasteiger partial charge in [0.25, 0.3) is 0 Å². The van der Waals surface area contributed by atoms with Crippen LogP contribution in [0.3, 0.4) is 0 Å². The second-order valence-electron chi connectivity index (χ2n) is 4.06. The molecule has 1 rings (SSSR count). The molecule has 18 heavy (non-hydrogen) atoms. The van der Waals surface area contributed by atoms with E-state index in [1.165, 1.54) is 6.20 Å². The Morgan fingerprint density at radius 1 is 1.56 bits per heavy atom. The molecule has 7 nitrogen and oxygen atoms in total. The Balaban J connectivity index is 2.38. The minimum absolute atomic E-state index is 0.120. The average molecular weight is 254 g/mol. The number of carboxylic acid groups (broad SMARTS) is 1. The van der Waals surface area contributed by atoms with Crippen LogP contribution in [-0.2, 0) is 11.8 Å². The number of hydrogen-bond donors (Lipinski definition) is 3. The topological polar surface area (TPSA) is 96.3 Å². The Morgan fingerprint density at radius 2 is 2.28 bits per heavy atom. The van der Waals surface area contributed by atoms with Gasteiger partial charge in [0.1, 0.15) is 0 Å². The normalized spacial score (nSPS) is 11.9. The Hall–Kier alpha value is -2.05. The number of amides is 2. The number of hydrogen-bond acceptors (Lipinski definition) is 3. The first-order valence-electron chi connectivity index (χ1n) is 5.79. The van der Waals surface area contributed by atoms with Crippen LogP contribution in [0.4, 0.5) is 10.5 Å². The van der Waals surface area contributed by atoms with E-state index in [4.69, 9.17) is 5.11 Å². The van der Waals surface area contributed by atoms with Crippen LogP contribution in [0.1, 0.15) is 19.8 Å². The lowest BCUT2D eigenvalue weighted by molar-refractivity contribution is -0.141. The quantitative estimate of drug-likeness (QED) is 0.706. The molecule has 0 saturated heterocycles. The predicted octanol–water partition coefficient (Wildman–Crippen LogP) is 1.04. The van der Waals surface area contributed by atoms with Crippen molar-refractivity contribution >= 4 is 17.7 Å². The molecule has 0 fully saturated rings. The molecule has 0 aliphatic heterocycles. The number of nitrogens with zero attached hydrogens (tertiary/aromatic N) is 2. The van der Waals surface area contributed by atoms with Gasteiger partial charge in [-0.3, -0.25) is 9.48 Å². The van der Waals surface area contributed by atoms with Crippen molar-refractivity contribution in [2.45, 2.75) is 19.8 Å². The minimum Gasteiger partial charge on any atom is -0.481 e. The highest BCUT2D eigenvalue weighted by Gasteiger charge is 2.17. The Bertz CT molecular complexity index is 416. The van der Waals surface area contributed by atoms with Gasteiger partial charge in [-0.05, 0) is 6.42 Å².